The molecule has 4 aliphatic rings. The average Bonchev–Trinajstić information content (AvgIpc) is 3.13. The summed E-state index contributed by atoms with van der Waals surface area (Å²) >= 11 is 0. The topological polar surface area (TPSA) is 94.2 Å². The molecule has 0 radical (unpaired) electrons. The zero-order chi connectivity index (χ0) is 44.6. The number of hydrogen-bond acceptors (Lipinski definition) is 9. The van der Waals surface area contributed by atoms with E-state index in [-0.39, 0.29) is 17.2 Å². The van der Waals surface area contributed by atoms with Crippen LogP contribution in [0.15, 0.2) is 0 Å². The van der Waals surface area contributed by atoms with Crippen LogP contribution in [0.4, 0.5) is 0 Å². The Bertz CT molecular complexity index is 1600. The Morgan fingerprint density at radius 2 is 0.983 bits per heavy atom. The lowest BCUT2D eigenvalue weighted by atomic mass is 9.98. The minimum Gasteiger partial charge on any atom is -0.340 e. The minimum atomic E-state index is -3.01. The first-order valence-corrected chi connectivity index (χ1v) is 23.4. The van der Waals surface area contributed by atoms with Crippen molar-refractivity contribution < 1.29 is 18.0 Å². The molecular weight excluding hydrogens is 761 g/mol. The van der Waals surface area contributed by atoms with Crippen molar-refractivity contribution in [3.63, 3.8) is 0 Å². The van der Waals surface area contributed by atoms with Gasteiger partial charge in [0, 0.05) is 122 Å². The highest BCUT2D eigenvalue weighted by Crippen LogP contribution is 2.10. The molecule has 0 aliphatic carbocycles. The van der Waals surface area contributed by atoms with E-state index in [1.54, 1.807) is 6.92 Å². The van der Waals surface area contributed by atoms with Crippen LogP contribution in [0.2, 0.25) is 0 Å². The first kappa shape index (κ1) is 53.9. The number of nitrogens with zero attached hydrogens (tertiary/aromatic N) is 8. The quantitative estimate of drug-likeness (QED) is 0.388. The molecule has 13 heteroatoms. The van der Waals surface area contributed by atoms with Gasteiger partial charge in [-0.05, 0) is 34.9 Å². The van der Waals surface area contributed by atoms with Crippen LogP contribution in [0.5, 0.6) is 0 Å². The molecule has 0 bridgehead atoms. The van der Waals surface area contributed by atoms with Crippen LogP contribution < -0.4 is 0 Å². The number of rotatable bonds is 5. The Labute approximate surface area is 361 Å². The maximum absolute atomic E-state index is 11.5. The fourth-order valence-corrected chi connectivity index (χ4v) is 6.75. The molecule has 4 aliphatic heterocycles. The number of likely N-dealkylation sites (N-methyl/N-ethyl adjacent to an activating group) is 2. The summed E-state index contributed by atoms with van der Waals surface area (Å²) in [4.78, 5) is 37.7. The number of hydrogen-bond donors (Lipinski definition) is 0. The fourth-order valence-electron chi connectivity index (χ4n) is 5.92. The zero-order valence-electron chi connectivity index (χ0n) is 39.3. The molecule has 0 aromatic heterocycles. The molecule has 0 atom stereocenters. The first-order chi connectivity index (χ1) is 27.5. The van der Waals surface area contributed by atoms with Crippen LogP contribution in [0.3, 0.4) is 0 Å². The summed E-state index contributed by atoms with van der Waals surface area (Å²) in [6.45, 7) is 36.9. The van der Waals surface area contributed by atoms with Gasteiger partial charge in [-0.1, -0.05) is 88.9 Å². The van der Waals surface area contributed by atoms with Gasteiger partial charge in [0.2, 0.25) is 21.8 Å². The van der Waals surface area contributed by atoms with Gasteiger partial charge in [0.25, 0.3) is 0 Å². The second-order valence-electron chi connectivity index (χ2n) is 17.8. The molecule has 12 nitrogen and oxygen atoms in total. The molecule has 0 unspecified atom stereocenters. The molecule has 0 aromatic carbocycles. The maximum atomic E-state index is 11.5. The van der Waals surface area contributed by atoms with Crippen LogP contribution >= 0.6 is 0 Å². The SMILES string of the molecule is CC(=O)N1CCN(CC#CC(C)(C)C)CC1.CC(C)C#CCN1CCN(C)CC1.CC(C)C#CCN1CCN(C)CC1=O.CC(C)C#CCN1CCN(S(C)(=O)=O)CC1. The smallest absolute Gasteiger partial charge is 0.237 e. The maximum Gasteiger partial charge on any atom is 0.237 e. The Morgan fingerprint density at radius 3 is 1.37 bits per heavy atom. The number of amides is 2. The lowest BCUT2D eigenvalue weighted by Gasteiger charge is -2.33. The van der Waals surface area contributed by atoms with Gasteiger partial charge in [-0.3, -0.25) is 29.2 Å². The summed E-state index contributed by atoms with van der Waals surface area (Å²) in [5, 5.41) is 0. The lowest BCUT2D eigenvalue weighted by molar-refractivity contribution is -0.134. The molecule has 4 saturated heterocycles. The number of sulfonamides is 1. The highest BCUT2D eigenvalue weighted by atomic mass is 32.2. The fraction of sp³-hybridized carbons (Fsp3) is 0.783. The average molecular weight is 841 g/mol. The van der Waals surface area contributed by atoms with E-state index < -0.39 is 10.0 Å². The van der Waals surface area contributed by atoms with Crippen molar-refractivity contribution >= 4 is 21.8 Å². The van der Waals surface area contributed by atoms with E-state index in [9.17, 15) is 18.0 Å². The van der Waals surface area contributed by atoms with E-state index in [1.165, 1.54) is 36.7 Å². The van der Waals surface area contributed by atoms with E-state index in [0.717, 1.165) is 72.0 Å². The normalized spacial score (nSPS) is 18.9. The van der Waals surface area contributed by atoms with Crippen LogP contribution in [0.25, 0.3) is 0 Å². The van der Waals surface area contributed by atoms with Crippen LogP contribution in [0.1, 0.15) is 69.2 Å². The molecule has 0 N–H and O–H groups in total. The van der Waals surface area contributed by atoms with Crippen LogP contribution in [0, 0.1) is 70.5 Å². The molecule has 0 aromatic rings. The van der Waals surface area contributed by atoms with Gasteiger partial charge in [-0.2, -0.15) is 4.31 Å². The van der Waals surface area contributed by atoms with E-state index >= 15 is 0 Å². The summed E-state index contributed by atoms with van der Waals surface area (Å²) in [5.41, 5.74) is 0.0845. The first-order valence-electron chi connectivity index (χ1n) is 21.5. The van der Waals surface area contributed by atoms with Gasteiger partial charge < -0.3 is 14.7 Å². The molecular formula is C46H80N8O4S. The minimum absolute atomic E-state index is 0.0845. The van der Waals surface area contributed by atoms with Crippen molar-refractivity contribution in [2.24, 2.45) is 23.2 Å². The van der Waals surface area contributed by atoms with Gasteiger partial charge >= 0.3 is 0 Å². The number of carbonyl (C=O) groups is 2. The summed E-state index contributed by atoms with van der Waals surface area (Å²) < 4.78 is 24.1. The number of carbonyl (C=O) groups excluding carboxylic acids is 2. The summed E-state index contributed by atoms with van der Waals surface area (Å²) in [6, 6.07) is 0. The Kier molecular flexibility index (Phi) is 26.0. The van der Waals surface area contributed by atoms with E-state index in [1.807, 2.05) is 21.7 Å². The lowest BCUT2D eigenvalue weighted by Crippen LogP contribution is -2.48. The van der Waals surface area contributed by atoms with Crippen molar-refractivity contribution in [1.29, 1.82) is 0 Å². The van der Waals surface area contributed by atoms with Gasteiger partial charge in [-0.15, -0.1) is 0 Å². The molecule has 334 valence electrons. The highest BCUT2D eigenvalue weighted by molar-refractivity contribution is 7.88. The van der Waals surface area contributed by atoms with Gasteiger partial charge in [0.05, 0.1) is 39.0 Å². The molecule has 4 heterocycles. The predicted octanol–water partition coefficient (Wildman–Crippen LogP) is 2.74. The summed E-state index contributed by atoms with van der Waals surface area (Å²) in [6.07, 6.45) is 1.27. The molecule has 2 amide bonds. The molecule has 59 heavy (non-hydrogen) atoms. The van der Waals surface area contributed by atoms with Crippen molar-refractivity contribution in [1.82, 2.24) is 38.6 Å². The molecule has 0 saturated carbocycles. The molecule has 0 spiro atoms. The Balaban J connectivity index is 0.000000395. The number of piperazine rings is 4. The monoisotopic (exact) mass is 841 g/mol. The Hall–Kier alpha value is -3.11. The third-order valence-corrected chi connectivity index (χ3v) is 10.8. The third kappa shape index (κ3) is 27.4. The summed E-state index contributed by atoms with van der Waals surface area (Å²) in [5.74, 6) is 26.9. The molecule has 4 fully saturated rings. The second-order valence-corrected chi connectivity index (χ2v) is 19.8. The third-order valence-electron chi connectivity index (χ3n) is 9.54. The van der Waals surface area contributed by atoms with Crippen molar-refractivity contribution in [3.8, 4) is 47.4 Å². The second kappa shape index (κ2) is 28.4. The zero-order valence-corrected chi connectivity index (χ0v) is 40.1. The van der Waals surface area contributed by atoms with E-state index in [0.29, 0.717) is 43.9 Å². The van der Waals surface area contributed by atoms with E-state index in [4.69, 9.17) is 0 Å². The van der Waals surface area contributed by atoms with Crippen LogP contribution in [-0.2, 0) is 19.6 Å². The highest BCUT2D eigenvalue weighted by Gasteiger charge is 2.23. The van der Waals surface area contributed by atoms with Crippen molar-refractivity contribution in [2.45, 2.75) is 69.2 Å². The standard InChI is InChI=1S/C13H22N2O.C11H20N2O2S.C11H18N2O.C11H20N2/c1-12(16)15-10-8-14(9-11-15)7-5-6-13(2,3)4;1-11(2)5-4-6-12-7-9-13(10-8-12)16(3,14)15;1-10(2)5-4-6-13-8-7-12(3)9-11(13)14;1-11(2)5-4-6-13-9-7-12(3)8-10-13/h7-11H2,1-4H3;11H,6-10H2,1-3H3;10H,6-9H2,1-3H3;11H,6-10H2,1-3H3. The molecule has 4 rings (SSSR count). The van der Waals surface area contributed by atoms with Crippen molar-refractivity contribution in [3.05, 3.63) is 0 Å². The van der Waals surface area contributed by atoms with E-state index in [2.05, 4.69) is 136 Å². The van der Waals surface area contributed by atoms with Gasteiger partial charge in [-0.25, -0.2) is 8.42 Å². The predicted molar refractivity (Wildman–Crippen MR) is 245 cm³/mol. The summed E-state index contributed by atoms with van der Waals surface area (Å²) in [7, 11) is 1.13. The largest absolute Gasteiger partial charge is 0.340 e. The van der Waals surface area contributed by atoms with Crippen molar-refractivity contribution in [2.75, 3.05) is 145 Å². The van der Waals surface area contributed by atoms with Gasteiger partial charge in [0.15, 0.2) is 0 Å². The van der Waals surface area contributed by atoms with Gasteiger partial charge in [0.1, 0.15) is 0 Å². The Morgan fingerprint density at radius 1 is 0.593 bits per heavy atom. The van der Waals surface area contributed by atoms with Crippen LogP contribution in [-0.4, -0.2) is 204 Å².